The molecule has 4 nitrogen and oxygen atoms in total. The average Bonchev–Trinajstić information content (AvgIpc) is 2.39. The Morgan fingerprint density at radius 2 is 2.17 bits per heavy atom. The molecule has 1 aromatic carbocycles. The van der Waals surface area contributed by atoms with Crippen LogP contribution in [0.25, 0.3) is 0 Å². The van der Waals surface area contributed by atoms with Gasteiger partial charge in [0.1, 0.15) is 0 Å². The molecule has 4 heteroatoms. The van der Waals surface area contributed by atoms with Crippen molar-refractivity contribution in [3.8, 4) is 0 Å². The molecule has 18 heavy (non-hydrogen) atoms. The first-order valence-electron chi connectivity index (χ1n) is 6.26. The van der Waals surface area contributed by atoms with Gasteiger partial charge in [0, 0.05) is 13.1 Å². The number of nitrogens with zero attached hydrogens (tertiary/aromatic N) is 1. The van der Waals surface area contributed by atoms with Crippen molar-refractivity contribution in [2.45, 2.75) is 25.5 Å². The van der Waals surface area contributed by atoms with Gasteiger partial charge in [-0.25, -0.2) is 4.79 Å². The number of aliphatic hydroxyl groups excluding tert-OH is 1. The minimum Gasteiger partial charge on any atom is -0.465 e. The normalized spacial score (nSPS) is 20.7. The fourth-order valence-electron chi connectivity index (χ4n) is 2.30. The Bertz CT molecular complexity index is 402. The number of β-amino-alcohol motifs (C(OH)–C–C–N with tert-alkyl or cyclic N) is 1. The van der Waals surface area contributed by atoms with E-state index in [0.29, 0.717) is 5.56 Å². The maximum atomic E-state index is 11.3. The molecule has 1 aliphatic rings. The zero-order valence-corrected chi connectivity index (χ0v) is 10.6. The Morgan fingerprint density at radius 1 is 1.44 bits per heavy atom. The van der Waals surface area contributed by atoms with Crippen LogP contribution in [0.2, 0.25) is 0 Å². The number of ether oxygens (including phenoxy) is 1. The van der Waals surface area contributed by atoms with E-state index in [2.05, 4.69) is 9.64 Å². The second-order valence-electron chi connectivity index (χ2n) is 4.72. The molecule has 0 saturated carbocycles. The molecular weight excluding hydrogens is 230 g/mol. The molecule has 0 aliphatic carbocycles. The van der Waals surface area contributed by atoms with Crippen LogP contribution in [0.5, 0.6) is 0 Å². The van der Waals surface area contributed by atoms with Gasteiger partial charge in [0.15, 0.2) is 0 Å². The van der Waals surface area contributed by atoms with E-state index in [-0.39, 0.29) is 12.1 Å². The molecule has 1 heterocycles. The summed E-state index contributed by atoms with van der Waals surface area (Å²) in [4.78, 5) is 13.5. The van der Waals surface area contributed by atoms with E-state index in [1.54, 1.807) is 12.1 Å². The zero-order chi connectivity index (χ0) is 13.0. The van der Waals surface area contributed by atoms with Crippen LogP contribution >= 0.6 is 0 Å². The number of carbonyl (C=O) groups excluding carboxylic acids is 1. The molecule has 1 N–H and O–H groups in total. The van der Waals surface area contributed by atoms with Crippen molar-refractivity contribution < 1.29 is 14.6 Å². The van der Waals surface area contributed by atoms with Crippen LogP contribution in [-0.4, -0.2) is 42.3 Å². The highest BCUT2D eigenvalue weighted by atomic mass is 16.5. The minimum atomic E-state index is -0.310. The van der Waals surface area contributed by atoms with Gasteiger partial charge in [0.05, 0.1) is 18.8 Å². The number of methoxy groups -OCH3 is 1. The lowest BCUT2D eigenvalue weighted by Crippen LogP contribution is -2.37. The Kier molecular flexibility index (Phi) is 4.33. The summed E-state index contributed by atoms with van der Waals surface area (Å²) in [5.74, 6) is -0.310. The van der Waals surface area contributed by atoms with Gasteiger partial charge in [-0.1, -0.05) is 12.1 Å². The molecule has 0 amide bonds. The van der Waals surface area contributed by atoms with Gasteiger partial charge in [-0.2, -0.15) is 0 Å². The van der Waals surface area contributed by atoms with Crippen LogP contribution < -0.4 is 0 Å². The highest BCUT2D eigenvalue weighted by Crippen LogP contribution is 2.14. The maximum Gasteiger partial charge on any atom is 0.337 e. The number of carbonyl (C=O) groups is 1. The Hall–Kier alpha value is -1.39. The summed E-state index contributed by atoms with van der Waals surface area (Å²) in [5.41, 5.74) is 1.72. The third-order valence-corrected chi connectivity index (χ3v) is 3.26. The predicted octanol–water partition coefficient (Wildman–Crippen LogP) is 1.43. The van der Waals surface area contributed by atoms with Gasteiger partial charge in [0.2, 0.25) is 0 Å². The second kappa shape index (κ2) is 5.98. The standard InChI is InChI=1S/C14H19NO3/c1-18-14(17)12-6-4-11(5-7-12)9-15-8-2-3-13(16)10-15/h4-7,13,16H,2-3,8-10H2,1H3/t13-/m1/s1. The van der Waals surface area contributed by atoms with Crippen LogP contribution in [-0.2, 0) is 11.3 Å². The van der Waals surface area contributed by atoms with E-state index in [0.717, 1.165) is 38.0 Å². The van der Waals surface area contributed by atoms with Crippen molar-refractivity contribution in [2.75, 3.05) is 20.2 Å². The molecule has 98 valence electrons. The fourth-order valence-corrected chi connectivity index (χ4v) is 2.30. The highest BCUT2D eigenvalue weighted by Gasteiger charge is 2.17. The molecule has 1 aliphatic heterocycles. The molecule has 0 spiro atoms. The van der Waals surface area contributed by atoms with Gasteiger partial charge < -0.3 is 9.84 Å². The highest BCUT2D eigenvalue weighted by molar-refractivity contribution is 5.89. The molecular formula is C14H19NO3. The van der Waals surface area contributed by atoms with E-state index in [1.807, 2.05) is 12.1 Å². The van der Waals surface area contributed by atoms with Crippen molar-refractivity contribution in [1.29, 1.82) is 0 Å². The van der Waals surface area contributed by atoms with Crippen molar-refractivity contribution >= 4 is 5.97 Å². The summed E-state index contributed by atoms with van der Waals surface area (Å²) in [7, 11) is 1.38. The van der Waals surface area contributed by atoms with Crippen molar-refractivity contribution in [3.05, 3.63) is 35.4 Å². The number of hydrogen-bond donors (Lipinski definition) is 1. The van der Waals surface area contributed by atoms with Crippen LogP contribution in [0.4, 0.5) is 0 Å². The number of esters is 1. The molecule has 1 fully saturated rings. The number of hydrogen-bond acceptors (Lipinski definition) is 4. The lowest BCUT2D eigenvalue weighted by atomic mass is 10.1. The Morgan fingerprint density at radius 3 is 2.78 bits per heavy atom. The van der Waals surface area contributed by atoms with Crippen LogP contribution in [0, 0.1) is 0 Å². The summed E-state index contributed by atoms with van der Waals surface area (Å²) in [6, 6.07) is 7.43. The lowest BCUT2D eigenvalue weighted by molar-refractivity contribution is 0.0600. The third-order valence-electron chi connectivity index (χ3n) is 3.26. The minimum absolute atomic E-state index is 0.201. The summed E-state index contributed by atoms with van der Waals surface area (Å²) in [5, 5.41) is 9.60. The predicted molar refractivity (Wildman–Crippen MR) is 68.3 cm³/mol. The first-order chi connectivity index (χ1) is 8.69. The summed E-state index contributed by atoms with van der Waals surface area (Å²) in [6.07, 6.45) is 1.74. The Balaban J connectivity index is 1.95. The molecule has 1 saturated heterocycles. The number of benzene rings is 1. The number of piperidine rings is 1. The van der Waals surface area contributed by atoms with E-state index >= 15 is 0 Å². The number of likely N-dealkylation sites (tertiary alicyclic amines) is 1. The second-order valence-corrected chi connectivity index (χ2v) is 4.72. The fraction of sp³-hybridized carbons (Fsp3) is 0.500. The first kappa shape index (κ1) is 13.1. The molecule has 1 atom stereocenters. The van der Waals surface area contributed by atoms with Crippen LogP contribution in [0.1, 0.15) is 28.8 Å². The van der Waals surface area contributed by atoms with Crippen molar-refractivity contribution in [3.63, 3.8) is 0 Å². The quantitative estimate of drug-likeness (QED) is 0.823. The summed E-state index contributed by atoms with van der Waals surface area (Å²) in [6.45, 7) is 2.58. The molecule has 0 radical (unpaired) electrons. The van der Waals surface area contributed by atoms with E-state index in [9.17, 15) is 9.90 Å². The molecule has 0 aromatic heterocycles. The maximum absolute atomic E-state index is 11.3. The van der Waals surface area contributed by atoms with Gasteiger partial charge in [-0.05, 0) is 37.1 Å². The number of rotatable bonds is 3. The van der Waals surface area contributed by atoms with Gasteiger partial charge in [-0.3, -0.25) is 4.90 Å². The SMILES string of the molecule is COC(=O)c1ccc(CN2CCC[C@@H](O)C2)cc1. The van der Waals surface area contributed by atoms with Crippen LogP contribution in [0.15, 0.2) is 24.3 Å². The lowest BCUT2D eigenvalue weighted by Gasteiger charge is -2.29. The number of aliphatic hydroxyl groups is 1. The first-order valence-corrected chi connectivity index (χ1v) is 6.26. The van der Waals surface area contributed by atoms with Gasteiger partial charge in [0.25, 0.3) is 0 Å². The van der Waals surface area contributed by atoms with Crippen molar-refractivity contribution in [2.24, 2.45) is 0 Å². The molecule has 0 bridgehead atoms. The molecule has 2 rings (SSSR count). The monoisotopic (exact) mass is 249 g/mol. The zero-order valence-electron chi connectivity index (χ0n) is 10.6. The third kappa shape index (κ3) is 3.31. The Labute approximate surface area is 107 Å². The van der Waals surface area contributed by atoms with E-state index < -0.39 is 0 Å². The van der Waals surface area contributed by atoms with Crippen molar-refractivity contribution in [1.82, 2.24) is 4.90 Å². The van der Waals surface area contributed by atoms with Crippen LogP contribution in [0.3, 0.4) is 0 Å². The van der Waals surface area contributed by atoms with Gasteiger partial charge >= 0.3 is 5.97 Å². The summed E-state index contributed by atoms with van der Waals surface area (Å²) < 4.78 is 4.66. The smallest absolute Gasteiger partial charge is 0.337 e. The summed E-state index contributed by atoms with van der Waals surface area (Å²) >= 11 is 0. The topological polar surface area (TPSA) is 49.8 Å². The van der Waals surface area contributed by atoms with E-state index in [4.69, 9.17) is 0 Å². The molecule has 1 aromatic rings. The van der Waals surface area contributed by atoms with Gasteiger partial charge in [-0.15, -0.1) is 0 Å². The average molecular weight is 249 g/mol. The molecule has 0 unspecified atom stereocenters. The van der Waals surface area contributed by atoms with E-state index in [1.165, 1.54) is 7.11 Å². The largest absolute Gasteiger partial charge is 0.465 e.